The van der Waals surface area contributed by atoms with Crippen LogP contribution < -0.4 is 10.5 Å². The summed E-state index contributed by atoms with van der Waals surface area (Å²) in [5, 5.41) is 0. The van der Waals surface area contributed by atoms with Gasteiger partial charge in [0, 0.05) is 22.4 Å². The molecule has 0 bridgehead atoms. The number of hydrogen-bond donors (Lipinski definition) is 2. The number of hydrogen-bond acceptors (Lipinski definition) is 4. The zero-order valence-electron chi connectivity index (χ0n) is 12.4. The van der Waals surface area contributed by atoms with Gasteiger partial charge in [-0.2, -0.15) is 0 Å². The molecule has 0 heterocycles. The van der Waals surface area contributed by atoms with Gasteiger partial charge in [-0.1, -0.05) is 25.0 Å². The minimum Gasteiger partial charge on any atom is -0.398 e. The summed E-state index contributed by atoms with van der Waals surface area (Å²) >= 11 is 1.49. The molecule has 118 valence electrons. The van der Waals surface area contributed by atoms with Crippen molar-refractivity contribution in [2.24, 2.45) is 5.92 Å². The Labute approximate surface area is 131 Å². The average Bonchev–Trinajstić information content (AvgIpc) is 2.94. The van der Waals surface area contributed by atoms with Crippen molar-refractivity contribution in [1.29, 1.82) is 0 Å². The highest BCUT2D eigenvalue weighted by Crippen LogP contribution is 2.28. The van der Waals surface area contributed by atoms with Gasteiger partial charge in [-0.05, 0) is 37.8 Å². The third kappa shape index (κ3) is 5.20. The molecule has 21 heavy (non-hydrogen) atoms. The molecule has 0 aliphatic heterocycles. The average molecular weight is 329 g/mol. The minimum absolute atomic E-state index is 0.0456. The highest BCUT2D eigenvalue weighted by Gasteiger charge is 2.25. The molecule has 1 aliphatic rings. The van der Waals surface area contributed by atoms with Crippen molar-refractivity contribution in [3.8, 4) is 0 Å². The van der Waals surface area contributed by atoms with Crippen LogP contribution in [0.4, 0.5) is 5.69 Å². The van der Waals surface area contributed by atoms with Crippen molar-refractivity contribution >= 4 is 27.5 Å². The molecule has 0 amide bonds. The number of sulfonamides is 1. The van der Waals surface area contributed by atoms with Gasteiger partial charge in [-0.3, -0.25) is 0 Å². The molecular formula is C15H24N2O2S2. The van der Waals surface area contributed by atoms with Crippen molar-refractivity contribution in [1.82, 2.24) is 4.72 Å². The lowest BCUT2D eigenvalue weighted by atomic mass is 10.0. The quantitative estimate of drug-likeness (QED) is 0.596. The van der Waals surface area contributed by atoms with Crippen LogP contribution in [0.15, 0.2) is 29.2 Å². The summed E-state index contributed by atoms with van der Waals surface area (Å²) in [6.45, 7) is 1.98. The number of nitrogens with one attached hydrogen (secondary N) is 1. The van der Waals surface area contributed by atoms with Gasteiger partial charge in [0.05, 0.1) is 5.75 Å². The van der Waals surface area contributed by atoms with Crippen LogP contribution in [0.2, 0.25) is 0 Å². The van der Waals surface area contributed by atoms with E-state index in [1.54, 1.807) is 0 Å². The normalized spacial score (nSPS) is 18.0. The fraction of sp³-hybridized carbons (Fsp3) is 0.600. The molecule has 0 spiro atoms. The Morgan fingerprint density at radius 3 is 2.67 bits per heavy atom. The van der Waals surface area contributed by atoms with Crippen molar-refractivity contribution in [3.63, 3.8) is 0 Å². The molecule has 1 aromatic rings. The van der Waals surface area contributed by atoms with Gasteiger partial charge >= 0.3 is 0 Å². The van der Waals surface area contributed by atoms with E-state index in [-0.39, 0.29) is 11.8 Å². The molecule has 1 aromatic carbocycles. The molecule has 1 aliphatic carbocycles. The fourth-order valence-electron chi connectivity index (χ4n) is 2.77. The van der Waals surface area contributed by atoms with Crippen molar-refractivity contribution in [2.75, 3.05) is 17.2 Å². The number of nitrogens with two attached hydrogens (primary N) is 1. The minimum atomic E-state index is -3.21. The molecule has 0 saturated heterocycles. The fourth-order valence-corrected chi connectivity index (χ4v) is 5.49. The Balaban J connectivity index is 1.80. The lowest BCUT2D eigenvalue weighted by Gasteiger charge is -2.20. The summed E-state index contributed by atoms with van der Waals surface area (Å²) < 4.78 is 27.1. The summed E-state index contributed by atoms with van der Waals surface area (Å²) in [4.78, 5) is 0.941. The first-order valence-electron chi connectivity index (χ1n) is 7.45. The van der Waals surface area contributed by atoms with Crippen LogP contribution in [0.3, 0.4) is 0 Å². The molecule has 4 nitrogen and oxygen atoms in total. The second kappa shape index (κ2) is 7.51. The Hall–Kier alpha value is -0.720. The van der Waals surface area contributed by atoms with E-state index >= 15 is 0 Å². The number of benzene rings is 1. The van der Waals surface area contributed by atoms with Gasteiger partial charge in [-0.25, -0.2) is 13.1 Å². The van der Waals surface area contributed by atoms with Crippen molar-refractivity contribution < 1.29 is 8.42 Å². The van der Waals surface area contributed by atoms with Gasteiger partial charge in [0.1, 0.15) is 0 Å². The van der Waals surface area contributed by atoms with E-state index in [2.05, 4.69) is 4.72 Å². The molecule has 6 heteroatoms. The van der Waals surface area contributed by atoms with Gasteiger partial charge in [0.2, 0.25) is 10.0 Å². The Bertz CT molecular complexity index is 555. The number of nitrogen functional groups attached to an aromatic ring is 1. The summed E-state index contributed by atoms with van der Waals surface area (Å²) in [5.41, 5.74) is 6.55. The summed E-state index contributed by atoms with van der Waals surface area (Å²) in [7, 11) is -3.21. The highest BCUT2D eigenvalue weighted by atomic mass is 32.2. The van der Waals surface area contributed by atoms with Crippen LogP contribution in [0.25, 0.3) is 0 Å². The monoisotopic (exact) mass is 328 g/mol. The third-order valence-corrected chi connectivity index (χ3v) is 6.82. The molecule has 1 unspecified atom stereocenters. The van der Waals surface area contributed by atoms with Gasteiger partial charge in [-0.15, -0.1) is 11.8 Å². The second-order valence-electron chi connectivity index (χ2n) is 5.66. The van der Waals surface area contributed by atoms with Crippen molar-refractivity contribution in [2.45, 2.75) is 43.5 Å². The molecule has 1 fully saturated rings. The van der Waals surface area contributed by atoms with E-state index < -0.39 is 10.0 Å². The van der Waals surface area contributed by atoms with E-state index in [4.69, 9.17) is 5.73 Å². The van der Waals surface area contributed by atoms with Gasteiger partial charge < -0.3 is 5.73 Å². The molecule has 1 atom stereocenters. The van der Waals surface area contributed by atoms with Crippen LogP contribution in [-0.2, 0) is 10.0 Å². The molecule has 3 N–H and O–H groups in total. The zero-order valence-corrected chi connectivity index (χ0v) is 14.1. The zero-order chi connectivity index (χ0) is 15.3. The van der Waals surface area contributed by atoms with Crippen molar-refractivity contribution in [3.05, 3.63) is 24.3 Å². The van der Waals surface area contributed by atoms with Gasteiger partial charge in [0.15, 0.2) is 0 Å². The third-order valence-electron chi connectivity index (χ3n) is 4.00. The van der Waals surface area contributed by atoms with Crippen LogP contribution in [0.5, 0.6) is 0 Å². The van der Waals surface area contributed by atoms with E-state index in [0.29, 0.717) is 17.4 Å². The molecular weight excluding hydrogens is 304 g/mol. The number of thioether (sulfide) groups is 1. The number of para-hydroxylation sites is 1. The molecule has 0 radical (unpaired) electrons. The standard InChI is InChI=1S/C15H24N2O2S2/c1-12(13-6-2-3-7-13)17-21(18,19)11-10-20-15-9-5-4-8-14(15)16/h4-5,8-9,12-13,17H,2-3,6-7,10-11,16H2,1H3. The maximum absolute atomic E-state index is 12.1. The predicted molar refractivity (Wildman–Crippen MR) is 89.9 cm³/mol. The highest BCUT2D eigenvalue weighted by molar-refractivity contribution is 8.00. The topological polar surface area (TPSA) is 72.2 Å². The lowest BCUT2D eigenvalue weighted by Crippen LogP contribution is -2.38. The maximum atomic E-state index is 12.1. The van der Waals surface area contributed by atoms with E-state index in [1.165, 1.54) is 24.6 Å². The first-order valence-corrected chi connectivity index (χ1v) is 10.1. The van der Waals surface area contributed by atoms with Crippen LogP contribution in [0.1, 0.15) is 32.6 Å². The molecule has 0 aromatic heterocycles. The number of rotatable bonds is 7. The smallest absolute Gasteiger partial charge is 0.212 e. The maximum Gasteiger partial charge on any atom is 0.212 e. The van der Waals surface area contributed by atoms with Crippen LogP contribution >= 0.6 is 11.8 Å². The largest absolute Gasteiger partial charge is 0.398 e. The Morgan fingerprint density at radius 1 is 1.33 bits per heavy atom. The first-order chi connectivity index (χ1) is 9.98. The van der Waals surface area contributed by atoms with Crippen LogP contribution in [-0.4, -0.2) is 26.0 Å². The first kappa shape index (κ1) is 16.6. The van der Waals surface area contributed by atoms with E-state index in [9.17, 15) is 8.42 Å². The lowest BCUT2D eigenvalue weighted by molar-refractivity contribution is 0.424. The van der Waals surface area contributed by atoms with Crippen LogP contribution in [0, 0.1) is 5.92 Å². The SMILES string of the molecule is CC(NS(=O)(=O)CCSc1ccccc1N)C1CCCC1. The van der Waals surface area contributed by atoms with E-state index in [0.717, 1.165) is 17.7 Å². The molecule has 1 saturated carbocycles. The predicted octanol–water partition coefficient (Wildman–Crippen LogP) is 2.86. The molecule has 2 rings (SSSR count). The number of anilines is 1. The van der Waals surface area contributed by atoms with E-state index in [1.807, 2.05) is 31.2 Å². The summed E-state index contributed by atoms with van der Waals surface area (Å²) in [5.74, 6) is 1.14. The Morgan fingerprint density at radius 2 is 2.00 bits per heavy atom. The summed E-state index contributed by atoms with van der Waals surface area (Å²) in [6.07, 6.45) is 4.72. The summed E-state index contributed by atoms with van der Waals surface area (Å²) in [6, 6.07) is 7.58. The second-order valence-corrected chi connectivity index (χ2v) is 8.67. The van der Waals surface area contributed by atoms with Gasteiger partial charge in [0.25, 0.3) is 0 Å². The Kier molecular flexibility index (Phi) is 5.96.